The van der Waals surface area contributed by atoms with Crippen LogP contribution < -0.4 is 0 Å². The third kappa shape index (κ3) is 2.54. The van der Waals surface area contributed by atoms with Crippen molar-refractivity contribution in [1.29, 1.82) is 0 Å². The van der Waals surface area contributed by atoms with Crippen molar-refractivity contribution >= 4 is 23.6 Å². The van der Waals surface area contributed by atoms with Crippen LogP contribution >= 0.6 is 11.8 Å². The molecule has 2 atom stereocenters. The number of fused-ring (bicyclic) bond motifs is 1. The lowest BCUT2D eigenvalue weighted by Gasteiger charge is -2.32. The third-order valence-corrected chi connectivity index (χ3v) is 5.31. The first-order chi connectivity index (χ1) is 9.65. The zero-order valence-electron chi connectivity index (χ0n) is 11.1. The minimum atomic E-state index is -0.787. The van der Waals surface area contributed by atoms with Crippen LogP contribution in [-0.4, -0.2) is 40.2 Å². The number of hydrogen-bond acceptors (Lipinski definition) is 3. The number of carboxylic acids is 1. The molecule has 1 aromatic rings. The van der Waals surface area contributed by atoms with Gasteiger partial charge in [0.05, 0.1) is 11.2 Å². The molecule has 0 aliphatic carbocycles. The lowest BCUT2D eigenvalue weighted by Crippen LogP contribution is -2.45. The number of thioether (sulfide) groups is 1. The van der Waals surface area contributed by atoms with E-state index in [2.05, 4.69) is 6.07 Å². The van der Waals surface area contributed by atoms with Gasteiger partial charge in [-0.05, 0) is 30.9 Å². The fourth-order valence-electron chi connectivity index (χ4n) is 2.90. The predicted octanol–water partition coefficient (Wildman–Crippen LogP) is 2.03. The molecule has 0 spiro atoms. The maximum Gasteiger partial charge on any atom is 0.308 e. The standard InChI is InChI=1S/C15H17NO3S/c17-14(16-7-3-5-11(9-16)15(18)19)13-8-10-4-1-2-6-12(10)20-13/h1-2,4,6,11,13H,3,5,7-9H2,(H,18,19)/t11-,13?/m1/s1. The molecule has 1 aromatic carbocycles. The van der Waals surface area contributed by atoms with Crippen molar-refractivity contribution in [2.45, 2.75) is 29.4 Å². The summed E-state index contributed by atoms with van der Waals surface area (Å²) in [6, 6.07) is 8.09. The van der Waals surface area contributed by atoms with E-state index in [4.69, 9.17) is 5.11 Å². The third-order valence-electron chi connectivity index (χ3n) is 4.00. The maximum atomic E-state index is 12.5. The van der Waals surface area contributed by atoms with Gasteiger partial charge in [-0.1, -0.05) is 18.2 Å². The monoisotopic (exact) mass is 291 g/mol. The van der Waals surface area contributed by atoms with Gasteiger partial charge in [0.25, 0.3) is 0 Å². The molecule has 4 nitrogen and oxygen atoms in total. The average Bonchev–Trinajstić information content (AvgIpc) is 2.90. The van der Waals surface area contributed by atoms with Gasteiger partial charge in [0.2, 0.25) is 5.91 Å². The normalized spacial score (nSPS) is 25.3. The molecule has 0 aromatic heterocycles. The van der Waals surface area contributed by atoms with E-state index in [1.807, 2.05) is 18.2 Å². The number of aliphatic carboxylic acids is 1. The highest BCUT2D eigenvalue weighted by Crippen LogP contribution is 2.38. The van der Waals surface area contributed by atoms with E-state index in [1.165, 1.54) is 10.5 Å². The van der Waals surface area contributed by atoms with E-state index in [0.717, 1.165) is 12.8 Å². The minimum absolute atomic E-state index is 0.0834. The van der Waals surface area contributed by atoms with Crippen molar-refractivity contribution in [2.24, 2.45) is 5.92 Å². The molecule has 1 amide bonds. The van der Waals surface area contributed by atoms with E-state index in [9.17, 15) is 9.59 Å². The Morgan fingerprint density at radius 2 is 2.10 bits per heavy atom. The van der Waals surface area contributed by atoms with Crippen LogP contribution in [0, 0.1) is 5.92 Å². The van der Waals surface area contributed by atoms with Crippen LogP contribution in [0.3, 0.4) is 0 Å². The number of piperidine rings is 1. The van der Waals surface area contributed by atoms with Crippen LogP contribution in [0.5, 0.6) is 0 Å². The lowest BCUT2D eigenvalue weighted by molar-refractivity contribution is -0.145. The summed E-state index contributed by atoms with van der Waals surface area (Å²) in [5, 5.41) is 9.02. The molecule has 2 heterocycles. The topological polar surface area (TPSA) is 57.6 Å². The zero-order chi connectivity index (χ0) is 14.1. The summed E-state index contributed by atoms with van der Waals surface area (Å²) in [4.78, 5) is 26.5. The van der Waals surface area contributed by atoms with Crippen LogP contribution in [-0.2, 0) is 16.0 Å². The van der Waals surface area contributed by atoms with Crippen molar-refractivity contribution in [2.75, 3.05) is 13.1 Å². The van der Waals surface area contributed by atoms with E-state index in [-0.39, 0.29) is 11.2 Å². The second-order valence-corrected chi connectivity index (χ2v) is 6.62. The Labute approximate surface area is 122 Å². The molecule has 3 rings (SSSR count). The van der Waals surface area contributed by atoms with Gasteiger partial charge in [-0.25, -0.2) is 0 Å². The molecule has 0 bridgehead atoms. The number of carbonyl (C=O) groups excluding carboxylic acids is 1. The molecule has 1 unspecified atom stereocenters. The van der Waals surface area contributed by atoms with Crippen LogP contribution in [0.1, 0.15) is 18.4 Å². The average molecular weight is 291 g/mol. The highest BCUT2D eigenvalue weighted by atomic mass is 32.2. The summed E-state index contributed by atoms with van der Waals surface area (Å²) in [5.74, 6) is -1.09. The predicted molar refractivity (Wildman–Crippen MR) is 76.7 cm³/mol. The lowest BCUT2D eigenvalue weighted by atomic mass is 9.97. The number of benzene rings is 1. The SMILES string of the molecule is O=C(O)[C@@H]1CCCN(C(=O)C2Cc3ccccc3S2)C1. The minimum Gasteiger partial charge on any atom is -0.481 e. The fraction of sp³-hybridized carbons (Fsp3) is 0.467. The van der Waals surface area contributed by atoms with Crippen molar-refractivity contribution < 1.29 is 14.7 Å². The molecule has 5 heteroatoms. The molecule has 1 fully saturated rings. The molecular formula is C15H17NO3S. The number of nitrogens with zero attached hydrogens (tertiary/aromatic N) is 1. The summed E-state index contributed by atoms with van der Waals surface area (Å²) >= 11 is 1.61. The Kier molecular flexibility index (Phi) is 3.70. The zero-order valence-corrected chi connectivity index (χ0v) is 11.9. The largest absolute Gasteiger partial charge is 0.481 e. The molecule has 0 radical (unpaired) electrons. The molecular weight excluding hydrogens is 274 g/mol. The maximum absolute atomic E-state index is 12.5. The van der Waals surface area contributed by atoms with Crippen molar-refractivity contribution in [1.82, 2.24) is 4.90 Å². The Hall–Kier alpha value is -1.49. The number of carboxylic acid groups (broad SMARTS) is 1. The molecule has 1 saturated heterocycles. The number of rotatable bonds is 2. The second kappa shape index (κ2) is 5.48. The van der Waals surface area contributed by atoms with Gasteiger partial charge in [0, 0.05) is 18.0 Å². The molecule has 1 N–H and O–H groups in total. The van der Waals surface area contributed by atoms with Crippen molar-refractivity contribution in [3.8, 4) is 0 Å². The van der Waals surface area contributed by atoms with Crippen LogP contribution in [0.15, 0.2) is 29.2 Å². The fourth-order valence-corrected chi connectivity index (χ4v) is 4.18. The Bertz CT molecular complexity index is 521. The Balaban J connectivity index is 1.67. The van der Waals surface area contributed by atoms with E-state index in [0.29, 0.717) is 19.5 Å². The van der Waals surface area contributed by atoms with Gasteiger partial charge < -0.3 is 10.0 Å². The van der Waals surface area contributed by atoms with Gasteiger partial charge in [-0.2, -0.15) is 0 Å². The molecule has 20 heavy (non-hydrogen) atoms. The number of carbonyl (C=O) groups is 2. The van der Waals surface area contributed by atoms with E-state index < -0.39 is 11.9 Å². The number of likely N-dealkylation sites (tertiary alicyclic amines) is 1. The van der Waals surface area contributed by atoms with Gasteiger partial charge in [-0.15, -0.1) is 11.8 Å². The highest BCUT2D eigenvalue weighted by molar-refractivity contribution is 8.01. The molecule has 106 valence electrons. The summed E-state index contributed by atoms with van der Waals surface area (Å²) in [5.41, 5.74) is 1.22. The smallest absolute Gasteiger partial charge is 0.308 e. The molecule has 2 aliphatic heterocycles. The number of amides is 1. The second-order valence-electron chi connectivity index (χ2n) is 5.38. The first-order valence-electron chi connectivity index (χ1n) is 6.91. The van der Waals surface area contributed by atoms with Gasteiger partial charge in [0.1, 0.15) is 0 Å². The first kappa shape index (κ1) is 13.5. The van der Waals surface area contributed by atoms with Gasteiger partial charge in [-0.3, -0.25) is 9.59 Å². The summed E-state index contributed by atoms with van der Waals surface area (Å²) in [7, 11) is 0. The van der Waals surface area contributed by atoms with Crippen LogP contribution in [0.4, 0.5) is 0 Å². The number of hydrogen-bond donors (Lipinski definition) is 1. The van der Waals surface area contributed by atoms with E-state index >= 15 is 0 Å². The van der Waals surface area contributed by atoms with Crippen molar-refractivity contribution in [3.05, 3.63) is 29.8 Å². The van der Waals surface area contributed by atoms with Crippen LogP contribution in [0.25, 0.3) is 0 Å². The Morgan fingerprint density at radius 3 is 2.85 bits per heavy atom. The van der Waals surface area contributed by atoms with Crippen molar-refractivity contribution in [3.63, 3.8) is 0 Å². The van der Waals surface area contributed by atoms with Gasteiger partial charge >= 0.3 is 5.97 Å². The highest BCUT2D eigenvalue weighted by Gasteiger charge is 2.35. The summed E-state index contributed by atoms with van der Waals surface area (Å²) < 4.78 is 0. The van der Waals surface area contributed by atoms with E-state index in [1.54, 1.807) is 16.7 Å². The summed E-state index contributed by atoms with van der Waals surface area (Å²) in [6.45, 7) is 1.05. The Morgan fingerprint density at radius 1 is 1.30 bits per heavy atom. The van der Waals surface area contributed by atoms with Crippen LogP contribution in [0.2, 0.25) is 0 Å². The first-order valence-corrected chi connectivity index (χ1v) is 7.79. The molecule has 2 aliphatic rings. The van der Waals surface area contributed by atoms with Gasteiger partial charge in [0.15, 0.2) is 0 Å². The summed E-state index contributed by atoms with van der Waals surface area (Å²) in [6.07, 6.45) is 2.22. The quantitative estimate of drug-likeness (QED) is 0.906. The molecule has 0 saturated carbocycles.